The minimum Gasteiger partial charge on any atom is -0.462 e. The monoisotopic (exact) mass is 449 g/mol. The van der Waals surface area contributed by atoms with Gasteiger partial charge in [0.15, 0.2) is 0 Å². The molecule has 164 valence electrons. The number of ether oxygens (including phenoxy) is 2. The number of nitrogens with one attached hydrogen (secondary N) is 2. The molecule has 0 fully saturated rings. The van der Waals surface area contributed by atoms with Crippen molar-refractivity contribution >= 4 is 34.6 Å². The van der Waals surface area contributed by atoms with Gasteiger partial charge in [-0.15, -0.1) is 11.3 Å². The molecule has 0 atom stereocenters. The standard InChI is InChI=1S/C24H23N3O4S/c1-2-30-23(28)21-19-12-7-13-20(19)32-22(21)26-24(29)27-25-15-16-8-6-11-18(14-16)31-17-9-4-3-5-10-17/h3-6,8-11,14-15H,2,7,12-13H2,1H3,(H2,26,27,29)/b25-15-. The number of para-hydroxylation sites is 1. The van der Waals surface area contributed by atoms with Gasteiger partial charge < -0.3 is 9.47 Å². The van der Waals surface area contributed by atoms with Gasteiger partial charge in [-0.3, -0.25) is 5.32 Å². The summed E-state index contributed by atoms with van der Waals surface area (Å²) in [7, 11) is 0. The van der Waals surface area contributed by atoms with Crippen molar-refractivity contribution in [2.45, 2.75) is 26.2 Å². The lowest BCUT2D eigenvalue weighted by molar-refractivity contribution is 0.0527. The number of benzene rings is 2. The largest absolute Gasteiger partial charge is 0.462 e. The van der Waals surface area contributed by atoms with E-state index in [9.17, 15) is 9.59 Å². The molecule has 1 heterocycles. The lowest BCUT2D eigenvalue weighted by atomic mass is 10.1. The van der Waals surface area contributed by atoms with Crippen LogP contribution in [0.15, 0.2) is 59.7 Å². The van der Waals surface area contributed by atoms with Crippen molar-refractivity contribution in [1.82, 2.24) is 5.43 Å². The maximum atomic E-state index is 12.4. The van der Waals surface area contributed by atoms with Crippen LogP contribution in [0.25, 0.3) is 0 Å². The van der Waals surface area contributed by atoms with E-state index in [4.69, 9.17) is 9.47 Å². The summed E-state index contributed by atoms with van der Waals surface area (Å²) in [5, 5.41) is 7.24. The third-order valence-corrected chi connectivity index (χ3v) is 6.05. The second kappa shape index (κ2) is 10.1. The fourth-order valence-electron chi connectivity index (χ4n) is 3.49. The first kappa shape index (κ1) is 21.6. The molecule has 2 amide bonds. The molecule has 1 aliphatic carbocycles. The fourth-order valence-corrected chi connectivity index (χ4v) is 4.76. The SMILES string of the molecule is CCOC(=O)c1c(NC(=O)N/N=C\c2cccc(Oc3ccccc3)c2)sc2c1CCC2. The molecule has 0 bridgehead atoms. The molecule has 1 aliphatic rings. The van der Waals surface area contributed by atoms with Crippen LogP contribution in [0.5, 0.6) is 11.5 Å². The average molecular weight is 450 g/mol. The van der Waals surface area contributed by atoms with Crippen LogP contribution in [0.1, 0.15) is 39.7 Å². The van der Waals surface area contributed by atoms with E-state index in [0.29, 0.717) is 16.3 Å². The van der Waals surface area contributed by atoms with E-state index in [1.807, 2.05) is 54.6 Å². The zero-order chi connectivity index (χ0) is 22.3. The van der Waals surface area contributed by atoms with E-state index in [0.717, 1.165) is 41.0 Å². The third kappa shape index (κ3) is 5.15. The molecule has 0 saturated carbocycles. The number of aryl methyl sites for hydroxylation is 1. The van der Waals surface area contributed by atoms with E-state index < -0.39 is 12.0 Å². The summed E-state index contributed by atoms with van der Waals surface area (Å²) >= 11 is 1.42. The molecule has 2 N–H and O–H groups in total. The van der Waals surface area contributed by atoms with Gasteiger partial charge in [-0.05, 0) is 61.6 Å². The number of carbonyl (C=O) groups excluding carboxylic acids is 2. The molecule has 8 heteroatoms. The Balaban J connectivity index is 1.39. The molecule has 0 spiro atoms. The van der Waals surface area contributed by atoms with Crippen molar-refractivity contribution in [1.29, 1.82) is 0 Å². The minimum atomic E-state index is -0.525. The van der Waals surface area contributed by atoms with Crippen LogP contribution in [0.2, 0.25) is 0 Å². The highest BCUT2D eigenvalue weighted by Crippen LogP contribution is 2.39. The molecule has 0 unspecified atom stereocenters. The van der Waals surface area contributed by atoms with Crippen LogP contribution in [0.4, 0.5) is 9.80 Å². The highest BCUT2D eigenvalue weighted by atomic mass is 32.1. The highest BCUT2D eigenvalue weighted by molar-refractivity contribution is 7.17. The maximum absolute atomic E-state index is 12.4. The number of hydrogen-bond acceptors (Lipinski definition) is 6. The van der Waals surface area contributed by atoms with Gasteiger partial charge >= 0.3 is 12.0 Å². The zero-order valence-corrected chi connectivity index (χ0v) is 18.4. The first-order chi connectivity index (χ1) is 15.6. The summed E-state index contributed by atoms with van der Waals surface area (Å²) in [6, 6.07) is 16.3. The van der Waals surface area contributed by atoms with Crippen LogP contribution in [-0.2, 0) is 17.6 Å². The van der Waals surface area contributed by atoms with Crippen LogP contribution in [0, 0.1) is 0 Å². The van der Waals surface area contributed by atoms with Crippen molar-refractivity contribution < 1.29 is 19.1 Å². The normalized spacial score (nSPS) is 12.4. The summed E-state index contributed by atoms with van der Waals surface area (Å²) in [6.45, 7) is 2.05. The molecule has 3 aromatic rings. The Bertz CT molecular complexity index is 1140. The Kier molecular flexibility index (Phi) is 6.81. The van der Waals surface area contributed by atoms with Crippen molar-refractivity contribution in [3.8, 4) is 11.5 Å². The smallest absolute Gasteiger partial charge is 0.341 e. The molecule has 1 aromatic heterocycles. The number of thiophene rings is 1. The van der Waals surface area contributed by atoms with Crippen molar-refractivity contribution in [3.63, 3.8) is 0 Å². The molecule has 7 nitrogen and oxygen atoms in total. The van der Waals surface area contributed by atoms with Gasteiger partial charge in [-0.2, -0.15) is 5.10 Å². The van der Waals surface area contributed by atoms with Gasteiger partial charge in [0.25, 0.3) is 0 Å². The molecular formula is C24H23N3O4S. The Labute approximate surface area is 190 Å². The van der Waals surface area contributed by atoms with Crippen LogP contribution in [0.3, 0.4) is 0 Å². The Morgan fingerprint density at radius 3 is 2.72 bits per heavy atom. The lowest BCUT2D eigenvalue weighted by Crippen LogP contribution is -2.25. The number of esters is 1. The molecular weight excluding hydrogens is 426 g/mol. The predicted molar refractivity (Wildman–Crippen MR) is 125 cm³/mol. The number of anilines is 1. The van der Waals surface area contributed by atoms with Gasteiger partial charge in [0.05, 0.1) is 18.4 Å². The highest BCUT2D eigenvalue weighted by Gasteiger charge is 2.28. The topological polar surface area (TPSA) is 89.0 Å². The van der Waals surface area contributed by atoms with E-state index in [1.165, 1.54) is 17.6 Å². The van der Waals surface area contributed by atoms with Crippen LogP contribution >= 0.6 is 11.3 Å². The second-order valence-electron chi connectivity index (χ2n) is 7.09. The number of rotatable bonds is 7. The van der Waals surface area contributed by atoms with Crippen LogP contribution in [-0.4, -0.2) is 24.8 Å². The first-order valence-electron chi connectivity index (χ1n) is 10.4. The molecule has 2 aromatic carbocycles. The lowest BCUT2D eigenvalue weighted by Gasteiger charge is -2.07. The molecule has 0 aliphatic heterocycles. The number of hydrazone groups is 1. The fraction of sp³-hybridized carbons (Fsp3) is 0.208. The van der Waals surface area contributed by atoms with Crippen LogP contribution < -0.4 is 15.5 Å². The number of fused-ring (bicyclic) bond motifs is 1. The van der Waals surface area contributed by atoms with E-state index in [2.05, 4.69) is 15.8 Å². The molecule has 0 saturated heterocycles. The van der Waals surface area contributed by atoms with Gasteiger partial charge in [0.1, 0.15) is 16.5 Å². The van der Waals surface area contributed by atoms with Gasteiger partial charge in [0, 0.05) is 4.88 Å². The van der Waals surface area contributed by atoms with E-state index in [-0.39, 0.29) is 6.61 Å². The van der Waals surface area contributed by atoms with E-state index in [1.54, 1.807) is 6.92 Å². The van der Waals surface area contributed by atoms with Crippen molar-refractivity contribution in [2.24, 2.45) is 5.10 Å². The summed E-state index contributed by atoms with van der Waals surface area (Å²) in [6.07, 6.45) is 4.27. The van der Waals surface area contributed by atoms with Gasteiger partial charge in [0.2, 0.25) is 0 Å². The number of amides is 2. The van der Waals surface area contributed by atoms with E-state index >= 15 is 0 Å². The summed E-state index contributed by atoms with van der Waals surface area (Å²) in [5.41, 5.74) is 4.66. The number of nitrogens with zero attached hydrogens (tertiary/aromatic N) is 1. The summed E-state index contributed by atoms with van der Waals surface area (Å²) in [4.78, 5) is 25.9. The Hall–Kier alpha value is -3.65. The third-order valence-electron chi connectivity index (χ3n) is 4.84. The Morgan fingerprint density at radius 2 is 1.91 bits per heavy atom. The molecule has 32 heavy (non-hydrogen) atoms. The minimum absolute atomic E-state index is 0.284. The van der Waals surface area contributed by atoms with Crippen molar-refractivity contribution in [2.75, 3.05) is 11.9 Å². The quantitative estimate of drug-likeness (QED) is 0.289. The number of urea groups is 1. The Morgan fingerprint density at radius 1 is 1.09 bits per heavy atom. The summed E-state index contributed by atoms with van der Waals surface area (Å²) < 4.78 is 11.0. The van der Waals surface area contributed by atoms with Gasteiger partial charge in [-0.25, -0.2) is 15.0 Å². The average Bonchev–Trinajstić information content (AvgIpc) is 3.36. The molecule has 4 rings (SSSR count). The van der Waals surface area contributed by atoms with Gasteiger partial charge in [-0.1, -0.05) is 30.3 Å². The summed E-state index contributed by atoms with van der Waals surface area (Å²) in [5.74, 6) is 0.997. The maximum Gasteiger partial charge on any atom is 0.341 e. The number of carbonyl (C=O) groups is 2. The zero-order valence-electron chi connectivity index (χ0n) is 17.6. The first-order valence-corrected chi connectivity index (χ1v) is 11.2. The second-order valence-corrected chi connectivity index (χ2v) is 8.20. The van der Waals surface area contributed by atoms with Crippen molar-refractivity contribution in [3.05, 3.63) is 76.2 Å². The number of hydrogen-bond donors (Lipinski definition) is 2. The molecule has 0 radical (unpaired) electrons. The predicted octanol–water partition coefficient (Wildman–Crippen LogP) is 5.36.